The van der Waals surface area contributed by atoms with Crippen LogP contribution in [-0.2, 0) is 16.8 Å². The average molecular weight is 499 g/mol. The van der Waals surface area contributed by atoms with E-state index in [4.69, 9.17) is 0 Å². The highest BCUT2D eigenvalue weighted by atomic mass is 19.4. The Morgan fingerprint density at radius 1 is 1.08 bits per heavy atom. The number of nitrogens with zero attached hydrogens (tertiary/aromatic N) is 1. The lowest BCUT2D eigenvalue weighted by atomic mass is 9.76. The van der Waals surface area contributed by atoms with Crippen molar-refractivity contribution in [3.8, 4) is 5.75 Å². The maximum atomic E-state index is 13.6. The minimum absolute atomic E-state index is 0.195. The normalized spacial score (nSPS) is 17.8. The van der Waals surface area contributed by atoms with Gasteiger partial charge in [0.1, 0.15) is 11.6 Å². The number of phenolic OH excluding ortho intramolecular Hbond substituents is 1. The number of alkyl halides is 3. The van der Waals surface area contributed by atoms with Crippen LogP contribution in [0.15, 0.2) is 72.8 Å². The van der Waals surface area contributed by atoms with Crippen LogP contribution in [0.5, 0.6) is 5.75 Å². The van der Waals surface area contributed by atoms with Crippen LogP contribution in [0.4, 0.5) is 23.2 Å². The number of carbonyl (C=O) groups is 1. The largest absolute Gasteiger partial charge is 0.508 e. The Morgan fingerprint density at radius 3 is 2.44 bits per heavy atom. The van der Waals surface area contributed by atoms with E-state index in [0.717, 1.165) is 22.4 Å². The Balaban J connectivity index is 1.61. The standard InChI is InChI=1S/C28H26F4N2O2/c1-27(21-5-2-19(3-6-21)4-13-26(36)33-16-15-28(30,31)32)25-12-11-24(35)18-20(25)14-17-34(27)23-9-7-22(29)8-10-23/h2-13,18,35H,14-17H2,1H3,(H,33,36)/b13-4+. The van der Waals surface area contributed by atoms with Gasteiger partial charge in [0.05, 0.1) is 12.0 Å². The molecule has 188 valence electrons. The number of fused-ring (bicyclic) bond motifs is 1. The molecule has 0 fully saturated rings. The van der Waals surface area contributed by atoms with Crippen LogP contribution in [-0.4, -0.2) is 30.3 Å². The SMILES string of the molecule is CC1(c2ccc(/C=C/C(=O)NCCC(F)(F)F)cc2)c2ccc(O)cc2CCN1c1ccc(F)cc1. The van der Waals surface area contributed by atoms with Gasteiger partial charge in [0.2, 0.25) is 5.91 Å². The Labute approximate surface area is 206 Å². The van der Waals surface area contributed by atoms with Crippen molar-refractivity contribution >= 4 is 17.7 Å². The number of hydrogen-bond donors (Lipinski definition) is 2. The van der Waals surface area contributed by atoms with Gasteiger partial charge in [0.25, 0.3) is 0 Å². The molecule has 0 bridgehead atoms. The molecule has 1 amide bonds. The number of benzene rings is 3. The Hall–Kier alpha value is -3.81. The predicted octanol–water partition coefficient (Wildman–Crippen LogP) is 5.94. The lowest BCUT2D eigenvalue weighted by Gasteiger charge is -2.48. The van der Waals surface area contributed by atoms with Crippen molar-refractivity contribution < 1.29 is 27.5 Å². The van der Waals surface area contributed by atoms with Crippen molar-refractivity contribution in [1.29, 1.82) is 0 Å². The minimum Gasteiger partial charge on any atom is -0.508 e. The maximum Gasteiger partial charge on any atom is 0.390 e. The molecule has 0 aromatic heterocycles. The first kappa shape index (κ1) is 25.3. The number of anilines is 1. The quantitative estimate of drug-likeness (QED) is 0.327. The molecule has 2 N–H and O–H groups in total. The van der Waals surface area contributed by atoms with Crippen molar-refractivity contribution in [2.45, 2.75) is 31.5 Å². The third-order valence-corrected chi connectivity index (χ3v) is 6.50. The van der Waals surface area contributed by atoms with E-state index in [2.05, 4.69) is 17.1 Å². The monoisotopic (exact) mass is 498 g/mol. The number of amides is 1. The highest BCUT2D eigenvalue weighted by Crippen LogP contribution is 2.44. The second-order valence-corrected chi connectivity index (χ2v) is 8.90. The number of halogens is 4. The summed E-state index contributed by atoms with van der Waals surface area (Å²) < 4.78 is 50.3. The summed E-state index contributed by atoms with van der Waals surface area (Å²) >= 11 is 0. The van der Waals surface area contributed by atoms with Crippen molar-refractivity contribution in [3.63, 3.8) is 0 Å². The fourth-order valence-corrected chi connectivity index (χ4v) is 4.66. The lowest BCUT2D eigenvalue weighted by molar-refractivity contribution is -0.134. The third kappa shape index (κ3) is 5.53. The van der Waals surface area contributed by atoms with Crippen molar-refractivity contribution in [3.05, 3.63) is 101 Å². The smallest absolute Gasteiger partial charge is 0.390 e. The first-order valence-corrected chi connectivity index (χ1v) is 11.5. The summed E-state index contributed by atoms with van der Waals surface area (Å²) in [6, 6.07) is 19.2. The van der Waals surface area contributed by atoms with E-state index < -0.39 is 30.6 Å². The number of rotatable bonds is 6. The zero-order chi connectivity index (χ0) is 25.9. The predicted molar refractivity (Wildman–Crippen MR) is 131 cm³/mol. The summed E-state index contributed by atoms with van der Waals surface area (Å²) in [4.78, 5) is 14.0. The molecular formula is C28H26F4N2O2. The zero-order valence-corrected chi connectivity index (χ0v) is 19.6. The van der Waals surface area contributed by atoms with Gasteiger partial charge in [-0.2, -0.15) is 13.2 Å². The van der Waals surface area contributed by atoms with E-state index in [9.17, 15) is 27.5 Å². The molecule has 1 aliphatic heterocycles. The van der Waals surface area contributed by atoms with Crippen molar-refractivity contribution in [2.75, 3.05) is 18.0 Å². The Morgan fingerprint density at radius 2 is 1.78 bits per heavy atom. The molecule has 3 aromatic carbocycles. The lowest BCUT2D eigenvalue weighted by Crippen LogP contribution is -2.49. The zero-order valence-electron chi connectivity index (χ0n) is 19.6. The molecule has 4 rings (SSSR count). The van der Waals surface area contributed by atoms with Crippen LogP contribution in [0.3, 0.4) is 0 Å². The molecule has 1 atom stereocenters. The summed E-state index contributed by atoms with van der Waals surface area (Å²) in [7, 11) is 0. The highest BCUT2D eigenvalue weighted by molar-refractivity contribution is 5.91. The molecule has 4 nitrogen and oxygen atoms in total. The van der Waals surface area contributed by atoms with Crippen LogP contribution in [0.1, 0.15) is 35.6 Å². The van der Waals surface area contributed by atoms with Gasteiger partial charge in [0.15, 0.2) is 0 Å². The van der Waals surface area contributed by atoms with Crippen molar-refractivity contribution in [2.24, 2.45) is 0 Å². The summed E-state index contributed by atoms with van der Waals surface area (Å²) in [6.07, 6.45) is -1.94. The summed E-state index contributed by atoms with van der Waals surface area (Å²) in [5.74, 6) is -0.722. The molecule has 0 aliphatic carbocycles. The first-order chi connectivity index (χ1) is 17.1. The first-order valence-electron chi connectivity index (χ1n) is 11.5. The van der Waals surface area contributed by atoms with Gasteiger partial charge in [0, 0.05) is 24.9 Å². The average Bonchev–Trinajstić information content (AvgIpc) is 2.83. The molecule has 1 unspecified atom stereocenters. The van der Waals surface area contributed by atoms with Crippen LogP contribution < -0.4 is 10.2 Å². The van der Waals surface area contributed by atoms with Crippen LogP contribution in [0.2, 0.25) is 0 Å². The topological polar surface area (TPSA) is 52.6 Å². The Kier molecular flexibility index (Phi) is 7.06. The van der Waals surface area contributed by atoms with Gasteiger partial charge < -0.3 is 15.3 Å². The van der Waals surface area contributed by atoms with Gasteiger partial charge in [-0.3, -0.25) is 4.79 Å². The molecule has 36 heavy (non-hydrogen) atoms. The second-order valence-electron chi connectivity index (χ2n) is 8.90. The molecule has 0 saturated carbocycles. The van der Waals surface area contributed by atoms with E-state index in [1.54, 1.807) is 30.3 Å². The number of phenols is 1. The van der Waals surface area contributed by atoms with Gasteiger partial charge in [-0.15, -0.1) is 0 Å². The minimum atomic E-state index is -4.32. The fraction of sp³-hybridized carbons (Fsp3) is 0.250. The van der Waals surface area contributed by atoms with Gasteiger partial charge in [-0.1, -0.05) is 30.3 Å². The fourth-order valence-electron chi connectivity index (χ4n) is 4.66. The van der Waals surface area contributed by atoms with Gasteiger partial charge >= 0.3 is 6.18 Å². The number of carbonyl (C=O) groups excluding carboxylic acids is 1. The molecule has 0 radical (unpaired) electrons. The van der Waals surface area contributed by atoms with Crippen molar-refractivity contribution in [1.82, 2.24) is 5.32 Å². The second kappa shape index (κ2) is 10.0. The number of nitrogens with one attached hydrogen (secondary N) is 1. The molecule has 1 heterocycles. The maximum absolute atomic E-state index is 13.6. The van der Waals surface area contributed by atoms with E-state index in [1.165, 1.54) is 18.2 Å². The third-order valence-electron chi connectivity index (χ3n) is 6.50. The summed E-state index contributed by atoms with van der Waals surface area (Å²) in [5.41, 5.74) is 3.93. The molecule has 1 aliphatic rings. The molecule has 3 aromatic rings. The van der Waals surface area contributed by atoms with Crippen LogP contribution in [0, 0.1) is 5.82 Å². The summed E-state index contributed by atoms with van der Waals surface area (Å²) in [5, 5.41) is 12.2. The highest BCUT2D eigenvalue weighted by Gasteiger charge is 2.40. The van der Waals surface area contributed by atoms with E-state index >= 15 is 0 Å². The van der Waals surface area contributed by atoms with Gasteiger partial charge in [-0.05, 0) is 78.1 Å². The van der Waals surface area contributed by atoms with E-state index in [1.807, 2.05) is 30.3 Å². The van der Waals surface area contributed by atoms with E-state index in [-0.39, 0.29) is 11.6 Å². The Bertz CT molecular complexity index is 1250. The van der Waals surface area contributed by atoms with Gasteiger partial charge in [-0.25, -0.2) is 4.39 Å². The van der Waals surface area contributed by atoms with Crippen LogP contribution >= 0.6 is 0 Å². The van der Waals surface area contributed by atoms with E-state index in [0.29, 0.717) is 18.5 Å². The number of hydrogen-bond acceptors (Lipinski definition) is 3. The summed E-state index contributed by atoms with van der Waals surface area (Å²) in [6.45, 7) is 2.25. The molecular weight excluding hydrogens is 472 g/mol. The molecule has 0 saturated heterocycles. The molecule has 0 spiro atoms. The number of aromatic hydroxyl groups is 1. The molecule has 8 heteroatoms. The van der Waals surface area contributed by atoms with Crippen LogP contribution in [0.25, 0.3) is 6.08 Å².